The van der Waals surface area contributed by atoms with Gasteiger partial charge < -0.3 is 44.6 Å². The van der Waals surface area contributed by atoms with Gasteiger partial charge in [-0.25, -0.2) is 4.79 Å². The second kappa shape index (κ2) is 33.7. The van der Waals surface area contributed by atoms with Gasteiger partial charge in [0.25, 0.3) is 0 Å². The van der Waals surface area contributed by atoms with Crippen LogP contribution >= 0.6 is 11.6 Å². The number of alkyl halides is 1. The van der Waals surface area contributed by atoms with Gasteiger partial charge >= 0.3 is 6.09 Å². The zero-order valence-corrected chi connectivity index (χ0v) is 48.5. The Hall–Kier alpha value is -3.38. The number of nitrogens with one attached hydrogen (secondary N) is 1. The molecule has 3 aromatic rings. The van der Waals surface area contributed by atoms with Crippen LogP contribution in [-0.4, -0.2) is 69.4 Å². The lowest BCUT2D eigenvalue weighted by Gasteiger charge is -2.49. The molecule has 0 heterocycles. The molecule has 0 aromatic heterocycles. The number of nitrogens with two attached hydrogens (primary N) is 1. The molecule has 4 bridgehead atoms. The average Bonchev–Trinajstić information content (AvgIpc) is 3.36. The van der Waals surface area contributed by atoms with E-state index in [1.807, 2.05) is 30.3 Å². The third-order valence-corrected chi connectivity index (χ3v) is 15.9. The molecule has 2 fully saturated rings. The monoisotopic (exact) mass is 1050 g/mol. The van der Waals surface area contributed by atoms with Crippen molar-refractivity contribution in [1.29, 1.82) is 0 Å². The van der Waals surface area contributed by atoms with Crippen molar-refractivity contribution >= 4 is 17.7 Å². The molecule has 0 spiro atoms. The Labute approximate surface area is 454 Å². The Morgan fingerprint density at radius 2 is 1.14 bits per heavy atom. The molecule has 0 radical (unpaired) electrons. The van der Waals surface area contributed by atoms with Gasteiger partial charge in [0.05, 0.1) is 13.2 Å². The van der Waals surface area contributed by atoms with Crippen LogP contribution < -0.4 is 20.5 Å². The van der Waals surface area contributed by atoms with Crippen LogP contribution in [0.3, 0.4) is 0 Å². The second-order valence-corrected chi connectivity index (χ2v) is 23.8. The number of carbonyl (C=O) groups excluding carboxylic acids is 1. The van der Waals surface area contributed by atoms with Crippen molar-refractivity contribution in [2.75, 3.05) is 46.1 Å². The summed E-state index contributed by atoms with van der Waals surface area (Å²) in [6.45, 7) is 25.5. The number of hydrogen-bond donors (Lipinski definition) is 3. The van der Waals surface area contributed by atoms with Gasteiger partial charge in [0, 0.05) is 36.1 Å². The standard InChI is InChI=1S/C30H41NO4.C22H35NO2.C6H13ClO.C5H12O/c1-22(2)15-17-33-21-35-26-14-13-24-18-25-12-8-5-9-16-30(3,27(24)19-26)28(25)31-29(32)34-20-23-10-6-4-7-11-23;1-16(2)10-12-24-15-25-19-9-8-17-13-18-7-5-4-6-11-22(3,21(18)23)20(17)14-19;1-6(2)3-4-8-5-7;1-5(2)3-4-6/h4,6-7,10-11,13-14,19,22,25,28H,5,8-9,12,15-18,20-21H2,1-3H3,(H,31,32);8-9,14,16,18,21H,4-7,10-13,15,23H2,1-3H3;6H,3-5H2,1-2H3;5-6H,3-4H2,1-2H3/t25-,28-,30+;18-,21-,22+;;/m00../s1. The van der Waals surface area contributed by atoms with E-state index in [9.17, 15) is 4.79 Å². The first-order chi connectivity index (χ1) is 35.5. The number of halogens is 1. The third-order valence-electron chi connectivity index (χ3n) is 15.7. The summed E-state index contributed by atoms with van der Waals surface area (Å²) >= 11 is 5.26. The van der Waals surface area contributed by atoms with Gasteiger partial charge in [-0.15, -0.1) is 0 Å². The van der Waals surface area contributed by atoms with Crippen molar-refractivity contribution in [2.45, 2.75) is 201 Å². The number of rotatable bonds is 21. The highest BCUT2D eigenvalue weighted by atomic mass is 35.5. The molecule has 10 nitrogen and oxygen atoms in total. The van der Waals surface area contributed by atoms with E-state index in [2.05, 4.69) is 111 Å². The molecule has 74 heavy (non-hydrogen) atoms. The first-order valence-electron chi connectivity index (χ1n) is 28.7. The van der Waals surface area contributed by atoms with Crippen LogP contribution in [-0.2, 0) is 49.2 Å². The largest absolute Gasteiger partial charge is 0.468 e. The molecule has 0 aliphatic heterocycles. The SMILES string of the molecule is CC(C)CCO.CC(C)CCOCCl.CC(C)CCOCOc1ccc2c(c1)[C@@]1(C)CCCCC[C@@H](C2)[C@@H]1N.CC(C)CCOCOc1ccc2c(c1)[C@@]1(C)CCCCC[C@@H](C2)[C@@H]1NC(=O)OCc1ccccc1. The summed E-state index contributed by atoms with van der Waals surface area (Å²) < 4.78 is 33.6. The van der Waals surface area contributed by atoms with Crippen molar-refractivity contribution in [2.24, 2.45) is 41.2 Å². The molecule has 0 saturated heterocycles. The van der Waals surface area contributed by atoms with Crippen molar-refractivity contribution in [3.05, 3.63) is 94.5 Å². The maximum absolute atomic E-state index is 12.9. The number of ether oxygens (including phenoxy) is 6. The fraction of sp³-hybridized carbons (Fsp3) is 0.698. The van der Waals surface area contributed by atoms with Crippen LogP contribution in [0.4, 0.5) is 4.79 Å². The molecule has 3 aromatic carbocycles. The Balaban J connectivity index is 0.000000263. The van der Waals surface area contributed by atoms with Crippen LogP contribution in [0.1, 0.15) is 187 Å². The minimum Gasteiger partial charge on any atom is -0.468 e. The Bertz CT molecular complexity index is 2000. The number of benzene rings is 3. The normalized spacial score (nSPS) is 22.9. The summed E-state index contributed by atoms with van der Waals surface area (Å²) in [4.78, 5) is 12.9. The molecule has 0 unspecified atom stereocenters. The fourth-order valence-electron chi connectivity index (χ4n) is 11.0. The highest BCUT2D eigenvalue weighted by Crippen LogP contribution is 2.48. The summed E-state index contributed by atoms with van der Waals surface area (Å²) in [5.41, 5.74) is 13.2. The number of carbonyl (C=O) groups is 1. The van der Waals surface area contributed by atoms with Crippen molar-refractivity contribution < 1.29 is 38.3 Å². The smallest absolute Gasteiger partial charge is 0.407 e. The zero-order chi connectivity index (χ0) is 53.9. The third kappa shape index (κ3) is 21.2. The van der Waals surface area contributed by atoms with Gasteiger partial charge in [-0.3, -0.25) is 0 Å². The fourth-order valence-corrected chi connectivity index (χ4v) is 11.1. The van der Waals surface area contributed by atoms with Crippen molar-refractivity contribution in [3.8, 4) is 11.5 Å². The quantitative estimate of drug-likeness (QED) is 0.0542. The zero-order valence-electron chi connectivity index (χ0n) is 47.7. The minimum atomic E-state index is -0.329. The summed E-state index contributed by atoms with van der Waals surface area (Å²) in [6, 6.07) is 23.5. The van der Waals surface area contributed by atoms with E-state index in [1.54, 1.807) is 0 Å². The number of aliphatic hydroxyl groups is 1. The highest BCUT2D eigenvalue weighted by Gasteiger charge is 2.47. The topological polar surface area (TPSA) is 131 Å². The molecular formula is C63H101ClN2O8. The molecular weight excluding hydrogens is 948 g/mol. The van der Waals surface area contributed by atoms with Gasteiger partial charge in [0.1, 0.15) is 24.2 Å². The number of aliphatic hydroxyl groups excluding tert-OH is 1. The van der Waals surface area contributed by atoms with Gasteiger partial charge in [0.15, 0.2) is 13.6 Å². The molecule has 4 aliphatic carbocycles. The Kier molecular flexibility index (Phi) is 28.8. The van der Waals surface area contributed by atoms with E-state index in [0.717, 1.165) is 94.0 Å². The first kappa shape index (κ1) is 63.2. The summed E-state index contributed by atoms with van der Waals surface area (Å²) in [5.74, 6) is 5.44. The average molecular weight is 1050 g/mol. The lowest BCUT2D eigenvalue weighted by Crippen LogP contribution is -2.57. The molecule has 2 saturated carbocycles. The van der Waals surface area contributed by atoms with Crippen LogP contribution in [0.25, 0.3) is 0 Å². The Morgan fingerprint density at radius 3 is 1.64 bits per heavy atom. The molecule has 4 aliphatic rings. The molecule has 1 amide bonds. The lowest BCUT2D eigenvalue weighted by molar-refractivity contribution is 0.0103. The van der Waals surface area contributed by atoms with E-state index in [0.29, 0.717) is 55.7 Å². The van der Waals surface area contributed by atoms with E-state index in [1.165, 1.54) is 67.2 Å². The number of fused-ring (bicyclic) bond motifs is 8. The van der Waals surface area contributed by atoms with Crippen LogP contribution in [0, 0.1) is 35.5 Å². The van der Waals surface area contributed by atoms with Gasteiger partial charge in [-0.2, -0.15) is 0 Å². The number of amides is 1. The number of alkyl carbamates (subject to hydrolysis) is 1. The molecule has 418 valence electrons. The van der Waals surface area contributed by atoms with Crippen LogP contribution in [0.5, 0.6) is 11.5 Å². The summed E-state index contributed by atoms with van der Waals surface area (Å²) in [5, 5.41) is 11.5. The molecule has 7 rings (SSSR count). The van der Waals surface area contributed by atoms with E-state index in [4.69, 9.17) is 50.9 Å². The molecule has 4 N–H and O–H groups in total. The Morgan fingerprint density at radius 1 is 0.649 bits per heavy atom. The second-order valence-electron chi connectivity index (χ2n) is 23.6. The maximum atomic E-state index is 12.9. The predicted octanol–water partition coefficient (Wildman–Crippen LogP) is 14.9. The van der Waals surface area contributed by atoms with Crippen LogP contribution in [0.15, 0.2) is 66.7 Å². The van der Waals surface area contributed by atoms with E-state index >= 15 is 0 Å². The highest BCUT2D eigenvalue weighted by molar-refractivity contribution is 6.17. The van der Waals surface area contributed by atoms with E-state index < -0.39 is 0 Å². The maximum Gasteiger partial charge on any atom is 0.407 e. The molecule has 11 heteroatoms. The van der Waals surface area contributed by atoms with Crippen molar-refractivity contribution in [1.82, 2.24) is 5.32 Å². The number of hydrogen-bond acceptors (Lipinski definition) is 9. The van der Waals surface area contributed by atoms with Crippen molar-refractivity contribution in [3.63, 3.8) is 0 Å². The molecule has 6 atom stereocenters. The van der Waals surface area contributed by atoms with Gasteiger partial charge in [-0.1, -0.05) is 162 Å². The minimum absolute atomic E-state index is 0.0381. The summed E-state index contributed by atoms with van der Waals surface area (Å²) in [6.07, 6.45) is 18.1. The van der Waals surface area contributed by atoms with Gasteiger partial charge in [0.2, 0.25) is 0 Å². The summed E-state index contributed by atoms with van der Waals surface area (Å²) in [7, 11) is 0. The predicted molar refractivity (Wildman–Crippen MR) is 304 cm³/mol. The van der Waals surface area contributed by atoms with Crippen LogP contribution in [0.2, 0.25) is 0 Å². The first-order valence-corrected chi connectivity index (χ1v) is 29.2. The lowest BCUT2D eigenvalue weighted by atomic mass is 9.59. The van der Waals surface area contributed by atoms with Gasteiger partial charge in [-0.05, 0) is 152 Å². The van der Waals surface area contributed by atoms with E-state index in [-0.39, 0.29) is 42.4 Å².